The molecule has 0 unspecified atom stereocenters. The number of carbonyl (C=O) groups is 2. The van der Waals surface area contributed by atoms with Gasteiger partial charge < -0.3 is 14.5 Å². The minimum absolute atomic E-state index is 0.213. The lowest BCUT2D eigenvalue weighted by atomic mass is 10.0. The van der Waals surface area contributed by atoms with Gasteiger partial charge in [0.05, 0.1) is 7.11 Å². The maximum atomic E-state index is 13.0. The molecule has 1 amide bonds. The Hall–Kier alpha value is -2.21. The van der Waals surface area contributed by atoms with E-state index in [9.17, 15) is 9.59 Å². The monoisotopic (exact) mass is 331 g/mol. The smallest absolute Gasteiger partial charge is 0.328 e. The molecule has 1 atom stereocenters. The van der Waals surface area contributed by atoms with Crippen LogP contribution in [0.2, 0.25) is 0 Å². The van der Waals surface area contributed by atoms with Crippen LogP contribution in [0.5, 0.6) is 0 Å². The fourth-order valence-corrected chi connectivity index (χ4v) is 2.81. The fourth-order valence-electron chi connectivity index (χ4n) is 2.81. The number of piperidine rings is 1. The highest BCUT2D eigenvalue weighted by molar-refractivity contribution is 5.98. The summed E-state index contributed by atoms with van der Waals surface area (Å²) >= 11 is 0. The number of hydrogen-bond donors (Lipinski definition) is 0. The number of hydrogen-bond acceptors (Lipinski definition) is 5. The first kappa shape index (κ1) is 18.1. The maximum absolute atomic E-state index is 13.0. The van der Waals surface area contributed by atoms with Crippen LogP contribution in [-0.4, -0.2) is 67.0 Å². The van der Waals surface area contributed by atoms with Crippen molar-refractivity contribution in [1.29, 1.82) is 0 Å². The Morgan fingerprint density at radius 1 is 1.42 bits per heavy atom. The average Bonchev–Trinajstić information content (AvgIpc) is 2.60. The van der Waals surface area contributed by atoms with E-state index in [-0.39, 0.29) is 11.9 Å². The van der Waals surface area contributed by atoms with Gasteiger partial charge in [-0.05, 0) is 39.4 Å². The molecule has 1 fully saturated rings. The molecule has 24 heavy (non-hydrogen) atoms. The van der Waals surface area contributed by atoms with Crippen LogP contribution in [0.1, 0.15) is 35.3 Å². The lowest BCUT2D eigenvalue weighted by molar-refractivity contribution is -0.147. The van der Waals surface area contributed by atoms with Gasteiger partial charge in [-0.25, -0.2) is 4.79 Å². The quantitative estimate of drug-likeness (QED) is 0.770. The SMILES string of the molecule is COC(=O)[C@@H]1CCCCN1C(=O)c1ncccc1/C=C/CN(C)C. The second kappa shape index (κ2) is 8.59. The van der Waals surface area contributed by atoms with E-state index in [0.717, 1.165) is 24.9 Å². The molecule has 1 aromatic rings. The summed E-state index contributed by atoms with van der Waals surface area (Å²) in [6.07, 6.45) is 7.93. The predicted octanol–water partition coefficient (Wildman–Crippen LogP) is 1.82. The second-order valence-electron chi connectivity index (χ2n) is 6.14. The van der Waals surface area contributed by atoms with E-state index in [1.54, 1.807) is 17.2 Å². The van der Waals surface area contributed by atoms with Crippen molar-refractivity contribution in [2.75, 3.05) is 34.3 Å². The number of nitrogens with zero attached hydrogens (tertiary/aromatic N) is 3. The van der Waals surface area contributed by atoms with Crippen molar-refractivity contribution in [3.63, 3.8) is 0 Å². The number of likely N-dealkylation sites (N-methyl/N-ethyl adjacent to an activating group) is 1. The van der Waals surface area contributed by atoms with Crippen molar-refractivity contribution in [2.24, 2.45) is 0 Å². The van der Waals surface area contributed by atoms with Crippen molar-refractivity contribution in [3.05, 3.63) is 35.7 Å². The summed E-state index contributed by atoms with van der Waals surface area (Å²) in [6, 6.07) is 3.15. The summed E-state index contributed by atoms with van der Waals surface area (Å²) in [5, 5.41) is 0. The predicted molar refractivity (Wildman–Crippen MR) is 92.5 cm³/mol. The standard InChI is InChI=1S/C18H25N3O3/c1-20(2)12-7-9-14-8-6-11-19-16(14)17(22)21-13-5-4-10-15(21)18(23)24-3/h6-9,11,15H,4-5,10,12-13H2,1-3H3/b9-7+/t15-/m0/s1. The summed E-state index contributed by atoms with van der Waals surface area (Å²) in [6.45, 7) is 1.33. The molecule has 0 radical (unpaired) electrons. The fraction of sp³-hybridized carbons (Fsp3) is 0.500. The van der Waals surface area contributed by atoms with E-state index in [0.29, 0.717) is 18.7 Å². The molecule has 2 heterocycles. The van der Waals surface area contributed by atoms with Crippen LogP contribution in [0, 0.1) is 0 Å². The third-order valence-corrected chi connectivity index (χ3v) is 4.05. The average molecular weight is 331 g/mol. The second-order valence-corrected chi connectivity index (χ2v) is 6.14. The molecule has 0 aliphatic carbocycles. The first-order valence-electron chi connectivity index (χ1n) is 8.19. The topological polar surface area (TPSA) is 62.7 Å². The zero-order valence-corrected chi connectivity index (χ0v) is 14.6. The highest BCUT2D eigenvalue weighted by Crippen LogP contribution is 2.21. The third-order valence-electron chi connectivity index (χ3n) is 4.05. The number of aromatic nitrogens is 1. The van der Waals surface area contributed by atoms with Crippen LogP contribution < -0.4 is 0 Å². The Morgan fingerprint density at radius 3 is 2.92 bits per heavy atom. The Bertz CT molecular complexity index is 613. The zero-order chi connectivity index (χ0) is 17.5. The summed E-state index contributed by atoms with van der Waals surface area (Å²) in [7, 11) is 5.32. The normalized spacial score (nSPS) is 18.2. The number of methoxy groups -OCH3 is 1. The van der Waals surface area contributed by atoms with Crippen LogP contribution in [0.4, 0.5) is 0 Å². The largest absolute Gasteiger partial charge is 0.467 e. The number of esters is 1. The third kappa shape index (κ3) is 4.41. The maximum Gasteiger partial charge on any atom is 0.328 e. The molecule has 1 aromatic heterocycles. The molecule has 0 saturated carbocycles. The van der Waals surface area contributed by atoms with E-state index < -0.39 is 6.04 Å². The molecular weight excluding hydrogens is 306 g/mol. The highest BCUT2D eigenvalue weighted by Gasteiger charge is 2.34. The van der Waals surface area contributed by atoms with Gasteiger partial charge in [-0.15, -0.1) is 0 Å². The summed E-state index contributed by atoms with van der Waals surface area (Å²) in [5.41, 5.74) is 1.14. The van der Waals surface area contributed by atoms with Crippen molar-refractivity contribution in [3.8, 4) is 0 Å². The van der Waals surface area contributed by atoms with Gasteiger partial charge in [0.25, 0.3) is 5.91 Å². The molecule has 2 rings (SSSR count). The first-order valence-corrected chi connectivity index (χ1v) is 8.19. The molecule has 1 aliphatic heterocycles. The first-order chi connectivity index (χ1) is 11.5. The minimum atomic E-state index is -0.517. The molecular formula is C18H25N3O3. The lowest BCUT2D eigenvalue weighted by Crippen LogP contribution is -2.48. The van der Waals surface area contributed by atoms with Gasteiger partial charge in [0.15, 0.2) is 0 Å². The van der Waals surface area contributed by atoms with Crippen molar-refractivity contribution >= 4 is 18.0 Å². The van der Waals surface area contributed by atoms with Crippen molar-refractivity contribution in [1.82, 2.24) is 14.8 Å². The number of amides is 1. The number of pyridine rings is 1. The van der Waals surface area contributed by atoms with Crippen LogP contribution in [0.15, 0.2) is 24.4 Å². The molecule has 0 aromatic carbocycles. The number of ether oxygens (including phenoxy) is 1. The summed E-state index contributed by atoms with van der Waals surface area (Å²) < 4.78 is 4.85. The summed E-state index contributed by atoms with van der Waals surface area (Å²) in [5.74, 6) is -0.570. The molecule has 130 valence electrons. The van der Waals surface area contributed by atoms with Gasteiger partial charge in [-0.2, -0.15) is 0 Å². The zero-order valence-electron chi connectivity index (χ0n) is 14.6. The molecule has 0 spiro atoms. The van der Waals surface area contributed by atoms with Crippen LogP contribution >= 0.6 is 0 Å². The Balaban J connectivity index is 2.25. The van der Waals surface area contributed by atoms with E-state index in [1.807, 2.05) is 37.2 Å². The van der Waals surface area contributed by atoms with Crippen LogP contribution in [0.25, 0.3) is 6.08 Å². The minimum Gasteiger partial charge on any atom is -0.467 e. The van der Waals surface area contributed by atoms with Gasteiger partial charge in [0.2, 0.25) is 0 Å². The summed E-state index contributed by atoms with van der Waals surface area (Å²) in [4.78, 5) is 32.8. The Morgan fingerprint density at radius 2 is 2.21 bits per heavy atom. The van der Waals surface area contributed by atoms with Gasteiger partial charge >= 0.3 is 5.97 Å². The van der Waals surface area contributed by atoms with Gasteiger partial charge in [-0.1, -0.05) is 18.2 Å². The Kier molecular flexibility index (Phi) is 6.49. The van der Waals surface area contributed by atoms with Crippen molar-refractivity contribution < 1.29 is 14.3 Å². The number of rotatable bonds is 5. The van der Waals surface area contributed by atoms with Gasteiger partial charge in [0.1, 0.15) is 11.7 Å². The van der Waals surface area contributed by atoms with Gasteiger partial charge in [-0.3, -0.25) is 9.78 Å². The highest BCUT2D eigenvalue weighted by atomic mass is 16.5. The lowest BCUT2D eigenvalue weighted by Gasteiger charge is -2.33. The molecule has 0 bridgehead atoms. The number of carbonyl (C=O) groups excluding carboxylic acids is 2. The van der Waals surface area contributed by atoms with Crippen LogP contribution in [0.3, 0.4) is 0 Å². The molecule has 6 heteroatoms. The molecule has 0 N–H and O–H groups in total. The molecule has 1 aliphatic rings. The van der Waals surface area contributed by atoms with Gasteiger partial charge in [0, 0.05) is 24.8 Å². The van der Waals surface area contributed by atoms with E-state index in [2.05, 4.69) is 4.98 Å². The van der Waals surface area contributed by atoms with E-state index >= 15 is 0 Å². The Labute approximate surface area is 143 Å². The van der Waals surface area contributed by atoms with Crippen molar-refractivity contribution in [2.45, 2.75) is 25.3 Å². The van der Waals surface area contributed by atoms with E-state index in [1.165, 1.54) is 7.11 Å². The molecule has 1 saturated heterocycles. The van der Waals surface area contributed by atoms with E-state index in [4.69, 9.17) is 4.74 Å². The number of likely N-dealkylation sites (tertiary alicyclic amines) is 1. The molecule has 6 nitrogen and oxygen atoms in total. The van der Waals surface area contributed by atoms with Crippen LogP contribution in [-0.2, 0) is 9.53 Å².